The minimum atomic E-state index is -3.63. The van der Waals surface area contributed by atoms with Crippen molar-refractivity contribution in [2.24, 2.45) is 0 Å². The highest BCUT2D eigenvalue weighted by Gasteiger charge is 2.48. The molecule has 52 heavy (non-hydrogen) atoms. The van der Waals surface area contributed by atoms with Crippen LogP contribution in [0.1, 0.15) is 76.8 Å². The van der Waals surface area contributed by atoms with Crippen molar-refractivity contribution in [3.8, 4) is 0 Å². The van der Waals surface area contributed by atoms with Crippen molar-refractivity contribution in [3.05, 3.63) is 64.4 Å². The summed E-state index contributed by atoms with van der Waals surface area (Å²) in [6, 6.07) is 9.38. The number of methoxy groups -OCH3 is 2. The van der Waals surface area contributed by atoms with Crippen LogP contribution >= 0.6 is 11.6 Å². The van der Waals surface area contributed by atoms with Gasteiger partial charge in [-0.1, -0.05) is 29.8 Å². The van der Waals surface area contributed by atoms with Crippen LogP contribution in [0.25, 0.3) is 0 Å². The van der Waals surface area contributed by atoms with Gasteiger partial charge in [0.05, 0.1) is 19.0 Å². The lowest BCUT2D eigenvalue weighted by molar-refractivity contribution is -0.120. The van der Waals surface area contributed by atoms with E-state index in [1.807, 2.05) is 12.1 Å². The zero-order chi connectivity index (χ0) is 37.8. The van der Waals surface area contributed by atoms with Crippen LogP contribution in [0.4, 0.5) is 19.7 Å². The van der Waals surface area contributed by atoms with Crippen LogP contribution in [-0.2, 0) is 40.9 Å². The predicted molar refractivity (Wildman–Crippen MR) is 195 cm³/mol. The average molecular weight is 765 g/mol. The van der Waals surface area contributed by atoms with Gasteiger partial charge in [-0.2, -0.15) is 4.31 Å². The lowest BCUT2D eigenvalue weighted by Gasteiger charge is -2.45. The molecule has 1 saturated carbocycles. The Morgan fingerprint density at radius 3 is 2.37 bits per heavy atom. The minimum Gasteiger partial charge on any atom is -0.453 e. The highest BCUT2D eigenvalue weighted by atomic mass is 35.5. The molecule has 2 N–H and O–H groups in total. The summed E-state index contributed by atoms with van der Waals surface area (Å²) < 4.78 is 60.1. The molecule has 15 heteroatoms. The van der Waals surface area contributed by atoms with Gasteiger partial charge in [-0.3, -0.25) is 4.79 Å². The van der Waals surface area contributed by atoms with Gasteiger partial charge < -0.3 is 29.7 Å². The Balaban J connectivity index is 1.44. The number of hydrogen-bond acceptors (Lipinski definition) is 8. The van der Waals surface area contributed by atoms with Gasteiger partial charge in [-0.05, 0) is 102 Å². The number of ether oxygens (including phenoxy) is 3. The summed E-state index contributed by atoms with van der Waals surface area (Å²) in [4.78, 5) is 42.1. The van der Waals surface area contributed by atoms with Gasteiger partial charge in [-0.25, -0.2) is 22.4 Å². The lowest BCUT2D eigenvalue weighted by atomic mass is 9.64. The summed E-state index contributed by atoms with van der Waals surface area (Å²) in [5.74, 6) is -1.20. The molecule has 0 spiro atoms. The van der Waals surface area contributed by atoms with Crippen LogP contribution in [0.15, 0.2) is 42.5 Å². The van der Waals surface area contributed by atoms with Crippen molar-refractivity contribution >= 4 is 45.4 Å². The Kier molecular flexibility index (Phi) is 12.4. The quantitative estimate of drug-likeness (QED) is 0.316. The summed E-state index contributed by atoms with van der Waals surface area (Å²) in [6.45, 7) is 5.54. The second-order valence-corrected chi connectivity index (χ2v) is 17.4. The normalized spacial score (nSPS) is 26.4. The first-order valence-electron chi connectivity index (χ1n) is 17.8. The molecule has 3 aliphatic rings. The van der Waals surface area contributed by atoms with E-state index in [2.05, 4.69) is 10.6 Å². The first-order valence-corrected chi connectivity index (χ1v) is 19.8. The van der Waals surface area contributed by atoms with E-state index in [4.69, 9.17) is 25.8 Å². The number of anilines is 1. The molecule has 2 aromatic carbocycles. The monoisotopic (exact) mass is 764 g/mol. The van der Waals surface area contributed by atoms with Crippen LogP contribution in [0.3, 0.4) is 0 Å². The Bertz CT molecular complexity index is 1710. The number of nitrogens with one attached hydrogen (secondary N) is 2. The van der Waals surface area contributed by atoms with E-state index in [1.54, 1.807) is 51.0 Å². The van der Waals surface area contributed by atoms with Crippen molar-refractivity contribution in [2.75, 3.05) is 38.4 Å². The number of alkyl carbamates (subject to hydrolysis) is 1. The molecular formula is C37H50ClFN4O8S. The Morgan fingerprint density at radius 2 is 1.73 bits per heavy atom. The van der Waals surface area contributed by atoms with E-state index < -0.39 is 57.0 Å². The number of carbonyl (C=O) groups excluding carboxylic acids is 3. The molecule has 2 bridgehead atoms. The molecule has 2 saturated heterocycles. The SMILES string of the molecule is COC(=O)N[C@H](C(=O)Nc1cccc(F)c1CCC1CN(C(=O)OC(C)(C)C)[C@@H]2CCCS(=O)(=O)N1C2)C1(c2ccc(Cl)cc2)CCC(OC)CC1. The molecule has 2 unspecified atom stereocenters. The van der Waals surface area contributed by atoms with Gasteiger partial charge in [0.15, 0.2) is 0 Å². The van der Waals surface area contributed by atoms with Gasteiger partial charge in [0.2, 0.25) is 15.9 Å². The summed E-state index contributed by atoms with van der Waals surface area (Å²) >= 11 is 6.23. The number of carbonyl (C=O) groups is 3. The fourth-order valence-electron chi connectivity index (χ4n) is 7.85. The molecule has 2 heterocycles. The zero-order valence-corrected chi connectivity index (χ0v) is 32.0. The molecule has 3 fully saturated rings. The average Bonchev–Trinajstić information content (AvgIpc) is 3.22. The number of nitrogens with zero attached hydrogens (tertiary/aromatic N) is 2. The van der Waals surface area contributed by atoms with Gasteiger partial charge >= 0.3 is 12.2 Å². The predicted octanol–water partition coefficient (Wildman–Crippen LogP) is 6.02. The van der Waals surface area contributed by atoms with Gasteiger partial charge in [0, 0.05) is 54.0 Å². The number of hydrogen-bond donors (Lipinski definition) is 2. The van der Waals surface area contributed by atoms with Crippen LogP contribution < -0.4 is 10.6 Å². The molecule has 2 aliphatic heterocycles. The fourth-order valence-corrected chi connectivity index (χ4v) is 9.77. The van der Waals surface area contributed by atoms with Crippen molar-refractivity contribution in [1.82, 2.24) is 14.5 Å². The Labute approximate surface area is 310 Å². The number of sulfonamides is 1. The van der Waals surface area contributed by atoms with E-state index >= 15 is 4.39 Å². The van der Waals surface area contributed by atoms with Crippen LogP contribution in [0.5, 0.6) is 0 Å². The third-order valence-corrected chi connectivity index (χ3v) is 12.7. The molecule has 3 amide bonds. The van der Waals surface area contributed by atoms with Crippen molar-refractivity contribution in [1.29, 1.82) is 0 Å². The fraction of sp³-hybridized carbons (Fsp3) is 0.595. The molecule has 1 aliphatic carbocycles. The molecule has 12 nitrogen and oxygen atoms in total. The summed E-state index contributed by atoms with van der Waals surface area (Å²) in [5, 5.41) is 6.18. The third kappa shape index (κ3) is 9.00. The number of piperazine rings is 1. The van der Waals surface area contributed by atoms with Crippen molar-refractivity contribution in [3.63, 3.8) is 0 Å². The molecule has 0 radical (unpaired) electrons. The van der Waals surface area contributed by atoms with E-state index in [1.165, 1.54) is 23.5 Å². The van der Waals surface area contributed by atoms with Crippen LogP contribution in [-0.4, -0.2) is 98.6 Å². The summed E-state index contributed by atoms with van der Waals surface area (Å²) in [6.07, 6.45) is 2.05. The van der Waals surface area contributed by atoms with E-state index in [0.29, 0.717) is 43.5 Å². The highest BCUT2D eigenvalue weighted by Crippen LogP contribution is 2.44. The van der Waals surface area contributed by atoms with Gasteiger partial charge in [0.25, 0.3) is 0 Å². The van der Waals surface area contributed by atoms with E-state index in [9.17, 15) is 22.8 Å². The van der Waals surface area contributed by atoms with Gasteiger partial charge in [0.1, 0.15) is 17.5 Å². The molecule has 0 aromatic heterocycles. The van der Waals surface area contributed by atoms with Crippen LogP contribution in [0, 0.1) is 5.82 Å². The third-order valence-electron chi connectivity index (χ3n) is 10.5. The number of amides is 3. The highest BCUT2D eigenvalue weighted by molar-refractivity contribution is 7.89. The molecule has 4 atom stereocenters. The van der Waals surface area contributed by atoms with Crippen LogP contribution in [0.2, 0.25) is 5.02 Å². The molecular weight excluding hydrogens is 715 g/mol. The maximum Gasteiger partial charge on any atom is 0.410 e. The molecule has 5 rings (SSSR count). The van der Waals surface area contributed by atoms with Crippen molar-refractivity contribution in [2.45, 2.75) is 107 Å². The number of benzene rings is 2. The number of fused-ring (bicyclic) bond motifs is 2. The molecule has 2 aromatic rings. The van der Waals surface area contributed by atoms with Crippen molar-refractivity contribution < 1.29 is 41.4 Å². The second kappa shape index (κ2) is 16.3. The number of rotatable bonds is 9. The maximum atomic E-state index is 15.7. The maximum absolute atomic E-state index is 15.7. The summed E-state index contributed by atoms with van der Waals surface area (Å²) in [7, 11) is -0.767. The first kappa shape index (κ1) is 39.7. The second-order valence-electron chi connectivity index (χ2n) is 14.9. The standard InChI is InChI=1S/C37H50ClFN4O8S/c1-36(2,3)51-35(46)42-22-27(43-23-26(42)8-7-21-52(43,47)48)15-16-29-30(39)9-6-10-31(29)40-33(44)32(41-34(45)50-5)37(19-17-28(49-4)18-20-37)24-11-13-25(38)14-12-24/h6,9-14,26-28,32H,7-8,15-23H2,1-5H3,(H,40,44)(H,41,45)/t26-,27?,28?,32-,37?/m1/s1. The smallest absolute Gasteiger partial charge is 0.410 e. The topological polar surface area (TPSA) is 144 Å². The number of halogens is 2. The first-order chi connectivity index (χ1) is 24.6. The van der Waals surface area contributed by atoms with Gasteiger partial charge in [-0.15, -0.1) is 0 Å². The lowest BCUT2D eigenvalue weighted by Crippen LogP contribution is -2.60. The zero-order valence-electron chi connectivity index (χ0n) is 30.5. The minimum absolute atomic E-state index is 0.0218. The Morgan fingerprint density at radius 1 is 1.04 bits per heavy atom. The van der Waals surface area contributed by atoms with E-state index in [0.717, 1.165) is 5.56 Å². The molecule has 286 valence electrons. The summed E-state index contributed by atoms with van der Waals surface area (Å²) in [5.41, 5.74) is -0.456. The largest absolute Gasteiger partial charge is 0.453 e. The Hall–Kier alpha value is -3.46. The van der Waals surface area contributed by atoms with E-state index in [-0.39, 0.29) is 55.1 Å².